The van der Waals surface area contributed by atoms with Crippen LogP contribution in [0.15, 0.2) is 18.2 Å². The lowest BCUT2D eigenvalue weighted by atomic mass is 10.0. The molecule has 0 aliphatic heterocycles. The lowest BCUT2D eigenvalue weighted by Crippen LogP contribution is -2.29. The Balaban J connectivity index is 2.47. The van der Waals surface area contributed by atoms with Gasteiger partial charge in [-0.1, -0.05) is 56.0 Å². The molecular weight excluding hydrogens is 277 g/mol. The summed E-state index contributed by atoms with van der Waals surface area (Å²) < 4.78 is 0. The zero-order chi connectivity index (χ0) is 14.4. The van der Waals surface area contributed by atoms with Crippen molar-refractivity contribution < 1.29 is 0 Å². The van der Waals surface area contributed by atoms with Crippen LogP contribution < -0.4 is 5.32 Å². The van der Waals surface area contributed by atoms with Gasteiger partial charge in [0.05, 0.1) is 0 Å². The Hall–Kier alpha value is -0.240. The first kappa shape index (κ1) is 16.8. The van der Waals surface area contributed by atoms with Crippen molar-refractivity contribution in [1.29, 1.82) is 0 Å². The summed E-state index contributed by atoms with van der Waals surface area (Å²) in [5.74, 6) is 0.787. The van der Waals surface area contributed by atoms with Crippen LogP contribution in [0, 0.1) is 5.92 Å². The van der Waals surface area contributed by atoms with Gasteiger partial charge in [0, 0.05) is 22.1 Å². The Morgan fingerprint density at radius 3 is 2.32 bits per heavy atom. The van der Waals surface area contributed by atoms with Crippen LogP contribution in [0.3, 0.4) is 0 Å². The third-order valence-corrected chi connectivity index (χ3v) is 3.94. The Labute approximate surface area is 127 Å². The van der Waals surface area contributed by atoms with Crippen LogP contribution >= 0.6 is 23.2 Å². The van der Waals surface area contributed by atoms with Crippen LogP contribution in [-0.4, -0.2) is 6.04 Å². The second-order valence-electron chi connectivity index (χ2n) is 5.78. The zero-order valence-corrected chi connectivity index (χ0v) is 13.9. The van der Waals surface area contributed by atoms with Crippen LogP contribution in [-0.2, 0) is 0 Å². The smallest absolute Gasteiger partial charge is 0.0468 e. The van der Waals surface area contributed by atoms with Crippen LogP contribution in [0.2, 0.25) is 10.0 Å². The predicted octanol–water partition coefficient (Wildman–Crippen LogP) is 5.86. The molecule has 0 spiro atoms. The maximum Gasteiger partial charge on any atom is 0.0468 e. The summed E-state index contributed by atoms with van der Waals surface area (Å²) in [6, 6.07) is 6.45. The van der Waals surface area contributed by atoms with E-state index in [0.29, 0.717) is 11.1 Å². The van der Waals surface area contributed by atoms with E-state index in [1.807, 2.05) is 12.1 Å². The molecule has 3 heteroatoms. The molecule has 1 aromatic carbocycles. The largest absolute Gasteiger partial charge is 0.308 e. The quantitative estimate of drug-likeness (QED) is 0.665. The van der Waals surface area contributed by atoms with E-state index in [1.165, 1.54) is 19.3 Å². The van der Waals surface area contributed by atoms with Gasteiger partial charge < -0.3 is 5.32 Å². The molecule has 1 aromatic rings. The normalized spacial score (nSPS) is 14.7. The number of halogens is 2. The number of nitrogens with one attached hydrogen (secondary N) is 1. The van der Waals surface area contributed by atoms with Crippen LogP contribution in [0.5, 0.6) is 0 Å². The Morgan fingerprint density at radius 2 is 1.74 bits per heavy atom. The Bertz CT molecular complexity index is 390. The van der Waals surface area contributed by atoms with E-state index in [0.717, 1.165) is 16.5 Å². The summed E-state index contributed by atoms with van der Waals surface area (Å²) in [5.41, 5.74) is 1.11. The zero-order valence-electron chi connectivity index (χ0n) is 12.3. The highest BCUT2D eigenvalue weighted by Crippen LogP contribution is 2.26. The molecule has 0 bridgehead atoms. The van der Waals surface area contributed by atoms with Crippen molar-refractivity contribution in [2.75, 3.05) is 0 Å². The molecule has 1 N–H and O–H groups in total. The average Bonchev–Trinajstić information content (AvgIpc) is 2.27. The molecule has 108 valence electrons. The fraction of sp³-hybridized carbons (Fsp3) is 0.625. The van der Waals surface area contributed by atoms with Gasteiger partial charge in [0.25, 0.3) is 0 Å². The molecule has 2 unspecified atom stereocenters. The molecule has 0 saturated carbocycles. The molecule has 2 atom stereocenters. The van der Waals surface area contributed by atoms with Gasteiger partial charge in [-0.15, -0.1) is 0 Å². The van der Waals surface area contributed by atoms with E-state index in [4.69, 9.17) is 23.2 Å². The van der Waals surface area contributed by atoms with Gasteiger partial charge in [-0.3, -0.25) is 0 Å². The summed E-state index contributed by atoms with van der Waals surface area (Å²) >= 11 is 12.1. The second kappa shape index (κ2) is 8.14. The monoisotopic (exact) mass is 301 g/mol. The van der Waals surface area contributed by atoms with E-state index in [2.05, 4.69) is 33.0 Å². The fourth-order valence-electron chi connectivity index (χ4n) is 2.28. The van der Waals surface area contributed by atoms with Gasteiger partial charge in [0.2, 0.25) is 0 Å². The van der Waals surface area contributed by atoms with Crippen LogP contribution in [0.1, 0.15) is 58.6 Å². The number of hydrogen-bond acceptors (Lipinski definition) is 1. The fourth-order valence-corrected chi connectivity index (χ4v) is 2.86. The summed E-state index contributed by atoms with van der Waals surface area (Å²) in [7, 11) is 0. The van der Waals surface area contributed by atoms with Crippen molar-refractivity contribution in [2.24, 2.45) is 5.92 Å². The lowest BCUT2D eigenvalue weighted by molar-refractivity contribution is 0.424. The molecular formula is C16H25Cl2N. The highest BCUT2D eigenvalue weighted by Gasteiger charge is 2.12. The Morgan fingerprint density at radius 1 is 1.05 bits per heavy atom. The topological polar surface area (TPSA) is 12.0 Å². The van der Waals surface area contributed by atoms with Crippen molar-refractivity contribution >= 4 is 23.2 Å². The van der Waals surface area contributed by atoms with E-state index in [-0.39, 0.29) is 6.04 Å². The van der Waals surface area contributed by atoms with Gasteiger partial charge in [-0.05, 0) is 43.9 Å². The molecule has 0 aliphatic rings. The third kappa shape index (κ3) is 6.16. The van der Waals surface area contributed by atoms with Crippen molar-refractivity contribution in [3.05, 3.63) is 33.8 Å². The minimum Gasteiger partial charge on any atom is -0.308 e. The Kier molecular flexibility index (Phi) is 7.20. The highest BCUT2D eigenvalue weighted by atomic mass is 35.5. The maximum atomic E-state index is 6.23. The summed E-state index contributed by atoms with van der Waals surface area (Å²) in [6.45, 7) is 8.93. The van der Waals surface area contributed by atoms with Gasteiger partial charge in [-0.25, -0.2) is 0 Å². The van der Waals surface area contributed by atoms with E-state index >= 15 is 0 Å². The van der Waals surface area contributed by atoms with Crippen molar-refractivity contribution in [1.82, 2.24) is 5.32 Å². The lowest BCUT2D eigenvalue weighted by Gasteiger charge is -2.21. The van der Waals surface area contributed by atoms with Gasteiger partial charge in [-0.2, -0.15) is 0 Å². The summed E-state index contributed by atoms with van der Waals surface area (Å²) in [4.78, 5) is 0. The molecule has 19 heavy (non-hydrogen) atoms. The molecule has 0 heterocycles. The van der Waals surface area contributed by atoms with E-state index in [1.54, 1.807) is 6.07 Å². The van der Waals surface area contributed by atoms with Gasteiger partial charge >= 0.3 is 0 Å². The van der Waals surface area contributed by atoms with E-state index in [9.17, 15) is 0 Å². The first-order chi connectivity index (χ1) is 8.90. The van der Waals surface area contributed by atoms with Crippen molar-refractivity contribution in [3.63, 3.8) is 0 Å². The molecule has 1 nitrogen and oxygen atoms in total. The average molecular weight is 302 g/mol. The summed E-state index contributed by atoms with van der Waals surface area (Å²) in [5, 5.41) is 5.03. The SMILES string of the molecule is CC(C)CCCC(C)NC(C)c1ccc(Cl)cc1Cl. The molecule has 0 fully saturated rings. The predicted molar refractivity (Wildman–Crippen MR) is 86.2 cm³/mol. The molecule has 0 amide bonds. The third-order valence-electron chi connectivity index (χ3n) is 3.38. The minimum absolute atomic E-state index is 0.249. The molecule has 1 rings (SSSR count). The summed E-state index contributed by atoms with van der Waals surface area (Å²) in [6.07, 6.45) is 3.77. The molecule has 0 aliphatic carbocycles. The molecule has 0 saturated heterocycles. The van der Waals surface area contributed by atoms with Crippen LogP contribution in [0.4, 0.5) is 0 Å². The molecule has 0 radical (unpaired) electrons. The standard InChI is InChI=1S/C16H25Cl2N/c1-11(2)6-5-7-12(3)19-13(4)15-9-8-14(17)10-16(15)18/h8-13,19H,5-7H2,1-4H3. The number of rotatable bonds is 7. The highest BCUT2D eigenvalue weighted by molar-refractivity contribution is 6.35. The first-order valence-corrected chi connectivity index (χ1v) is 7.86. The number of hydrogen-bond donors (Lipinski definition) is 1. The van der Waals surface area contributed by atoms with Crippen molar-refractivity contribution in [3.8, 4) is 0 Å². The minimum atomic E-state index is 0.249. The van der Waals surface area contributed by atoms with Crippen molar-refractivity contribution in [2.45, 2.75) is 59.0 Å². The van der Waals surface area contributed by atoms with Gasteiger partial charge in [0.15, 0.2) is 0 Å². The molecule has 0 aromatic heterocycles. The number of benzene rings is 1. The second-order valence-corrected chi connectivity index (χ2v) is 6.62. The van der Waals surface area contributed by atoms with E-state index < -0.39 is 0 Å². The van der Waals surface area contributed by atoms with Crippen LogP contribution in [0.25, 0.3) is 0 Å². The maximum absolute atomic E-state index is 6.23. The first-order valence-electron chi connectivity index (χ1n) is 7.11. The van der Waals surface area contributed by atoms with Gasteiger partial charge in [0.1, 0.15) is 0 Å².